The van der Waals surface area contributed by atoms with Gasteiger partial charge in [0.15, 0.2) is 0 Å². The molecule has 0 saturated heterocycles. The van der Waals surface area contributed by atoms with Gasteiger partial charge < -0.3 is 9.73 Å². The molecular formula is C18H15ClN2O2S. The molecule has 0 radical (unpaired) electrons. The topological polar surface area (TPSA) is 55.1 Å². The van der Waals surface area contributed by atoms with Gasteiger partial charge in [-0.1, -0.05) is 35.9 Å². The van der Waals surface area contributed by atoms with Crippen molar-refractivity contribution in [3.8, 4) is 10.8 Å². The van der Waals surface area contributed by atoms with Crippen molar-refractivity contribution in [1.29, 1.82) is 0 Å². The minimum atomic E-state index is -0.00596. The van der Waals surface area contributed by atoms with Gasteiger partial charge in [0.25, 0.3) is 0 Å². The van der Waals surface area contributed by atoms with Crippen LogP contribution in [0, 0.1) is 5.92 Å². The summed E-state index contributed by atoms with van der Waals surface area (Å²) in [7, 11) is 0. The van der Waals surface area contributed by atoms with Gasteiger partial charge in [-0.25, -0.2) is 4.98 Å². The van der Waals surface area contributed by atoms with Crippen molar-refractivity contribution in [3.05, 3.63) is 64.3 Å². The molecule has 0 bridgehead atoms. The maximum absolute atomic E-state index is 12.3. The van der Waals surface area contributed by atoms with E-state index in [9.17, 15) is 4.79 Å². The quantitative estimate of drug-likeness (QED) is 0.731. The number of benzene rings is 1. The third-order valence-corrected chi connectivity index (χ3v) is 5.36. The SMILES string of the molecule is O=C(NCc1coc(-c2cccs2)n1)C1CC1c1ccccc1Cl. The number of amides is 1. The monoisotopic (exact) mass is 358 g/mol. The molecule has 4 nitrogen and oxygen atoms in total. The highest BCUT2D eigenvalue weighted by Gasteiger charge is 2.44. The summed E-state index contributed by atoms with van der Waals surface area (Å²) < 4.78 is 5.45. The highest BCUT2D eigenvalue weighted by atomic mass is 35.5. The Morgan fingerprint density at radius 1 is 1.33 bits per heavy atom. The van der Waals surface area contributed by atoms with Crippen molar-refractivity contribution in [3.63, 3.8) is 0 Å². The van der Waals surface area contributed by atoms with Crippen LogP contribution in [0.5, 0.6) is 0 Å². The summed E-state index contributed by atoms with van der Waals surface area (Å²) in [4.78, 5) is 17.7. The largest absolute Gasteiger partial charge is 0.443 e. The van der Waals surface area contributed by atoms with Gasteiger partial charge in [-0.2, -0.15) is 0 Å². The van der Waals surface area contributed by atoms with Crippen molar-refractivity contribution in [2.45, 2.75) is 18.9 Å². The van der Waals surface area contributed by atoms with E-state index in [0.29, 0.717) is 12.4 Å². The smallest absolute Gasteiger partial charge is 0.236 e. The van der Waals surface area contributed by atoms with Crippen molar-refractivity contribution in [2.75, 3.05) is 0 Å². The third kappa shape index (κ3) is 3.09. The molecule has 1 amide bonds. The molecule has 1 fully saturated rings. The first-order valence-corrected chi connectivity index (χ1v) is 8.98. The molecule has 4 rings (SSSR count). The lowest BCUT2D eigenvalue weighted by Crippen LogP contribution is -2.25. The Morgan fingerprint density at radius 3 is 3.00 bits per heavy atom. The minimum Gasteiger partial charge on any atom is -0.443 e. The molecule has 0 aliphatic heterocycles. The molecule has 2 heterocycles. The molecule has 6 heteroatoms. The number of oxazole rings is 1. The summed E-state index contributed by atoms with van der Waals surface area (Å²) in [5, 5.41) is 5.64. The molecule has 24 heavy (non-hydrogen) atoms. The molecular weight excluding hydrogens is 344 g/mol. The van der Waals surface area contributed by atoms with Gasteiger partial charge in [0, 0.05) is 10.9 Å². The second kappa shape index (κ2) is 6.42. The van der Waals surface area contributed by atoms with E-state index >= 15 is 0 Å². The van der Waals surface area contributed by atoms with Gasteiger partial charge in [0.1, 0.15) is 6.26 Å². The Hall–Kier alpha value is -2.11. The van der Waals surface area contributed by atoms with E-state index in [1.807, 2.05) is 41.8 Å². The lowest BCUT2D eigenvalue weighted by atomic mass is 10.1. The molecule has 1 aromatic carbocycles. The maximum atomic E-state index is 12.3. The van der Waals surface area contributed by atoms with Gasteiger partial charge in [-0.05, 0) is 35.4 Å². The van der Waals surface area contributed by atoms with Crippen LogP contribution in [0.3, 0.4) is 0 Å². The van der Waals surface area contributed by atoms with Gasteiger partial charge >= 0.3 is 0 Å². The maximum Gasteiger partial charge on any atom is 0.236 e. The molecule has 2 atom stereocenters. The fourth-order valence-electron chi connectivity index (χ4n) is 2.81. The zero-order valence-electron chi connectivity index (χ0n) is 12.7. The Labute approximate surface area is 148 Å². The lowest BCUT2D eigenvalue weighted by Gasteiger charge is -2.04. The van der Waals surface area contributed by atoms with E-state index < -0.39 is 0 Å². The second-order valence-electron chi connectivity index (χ2n) is 5.81. The standard InChI is InChI=1S/C18H15ClN2O2S/c19-15-5-2-1-4-12(15)13-8-14(13)17(22)20-9-11-10-23-18(21-11)16-6-3-7-24-16/h1-7,10,13-14H,8-9H2,(H,20,22). The first kappa shape index (κ1) is 15.4. The fraction of sp³-hybridized carbons (Fsp3) is 0.222. The minimum absolute atomic E-state index is 0.00596. The summed E-state index contributed by atoms with van der Waals surface area (Å²) in [6.45, 7) is 0.374. The van der Waals surface area contributed by atoms with E-state index in [0.717, 1.165) is 27.6 Å². The van der Waals surface area contributed by atoms with E-state index in [1.54, 1.807) is 17.6 Å². The van der Waals surface area contributed by atoms with Gasteiger partial charge in [-0.3, -0.25) is 4.79 Å². The number of rotatable bonds is 5. The number of thiophene rings is 1. The highest BCUT2D eigenvalue weighted by Crippen LogP contribution is 2.49. The van der Waals surface area contributed by atoms with Crippen molar-refractivity contribution in [1.82, 2.24) is 10.3 Å². The lowest BCUT2D eigenvalue weighted by molar-refractivity contribution is -0.122. The molecule has 3 aromatic rings. The Balaban J connectivity index is 1.34. The second-order valence-corrected chi connectivity index (χ2v) is 7.16. The molecule has 1 aliphatic carbocycles. The van der Waals surface area contributed by atoms with Crippen LogP contribution in [0.25, 0.3) is 10.8 Å². The molecule has 122 valence electrons. The molecule has 1 saturated carbocycles. The molecule has 2 unspecified atom stereocenters. The number of carbonyl (C=O) groups excluding carboxylic acids is 1. The average molecular weight is 359 g/mol. The van der Waals surface area contributed by atoms with Crippen LogP contribution >= 0.6 is 22.9 Å². The highest BCUT2D eigenvalue weighted by molar-refractivity contribution is 7.13. The summed E-state index contributed by atoms with van der Waals surface area (Å²) >= 11 is 7.77. The zero-order valence-corrected chi connectivity index (χ0v) is 14.3. The predicted molar refractivity (Wildman–Crippen MR) is 94.0 cm³/mol. The summed E-state index contributed by atoms with van der Waals surface area (Å²) in [5.74, 6) is 0.849. The van der Waals surface area contributed by atoms with E-state index in [2.05, 4.69) is 10.3 Å². The zero-order chi connectivity index (χ0) is 16.5. The Morgan fingerprint density at radius 2 is 2.21 bits per heavy atom. The van der Waals surface area contributed by atoms with Crippen LogP contribution in [0.4, 0.5) is 0 Å². The number of aromatic nitrogens is 1. The number of carbonyl (C=O) groups is 1. The van der Waals surface area contributed by atoms with E-state index in [1.165, 1.54) is 0 Å². The summed E-state index contributed by atoms with van der Waals surface area (Å²) in [5.41, 5.74) is 1.78. The molecule has 1 aliphatic rings. The van der Waals surface area contributed by atoms with Crippen LogP contribution in [-0.4, -0.2) is 10.9 Å². The number of hydrogen-bond acceptors (Lipinski definition) is 4. The van der Waals surface area contributed by atoms with Crippen molar-refractivity contribution < 1.29 is 9.21 Å². The molecule has 0 spiro atoms. The van der Waals surface area contributed by atoms with Crippen LogP contribution in [0.15, 0.2) is 52.5 Å². The van der Waals surface area contributed by atoms with Crippen molar-refractivity contribution in [2.24, 2.45) is 5.92 Å². The first-order chi connectivity index (χ1) is 11.7. The van der Waals surface area contributed by atoms with E-state index in [-0.39, 0.29) is 17.7 Å². The van der Waals surface area contributed by atoms with Crippen LogP contribution < -0.4 is 5.32 Å². The van der Waals surface area contributed by atoms with Crippen LogP contribution in [0.2, 0.25) is 5.02 Å². The predicted octanol–water partition coefficient (Wildman–Crippen LogP) is 4.48. The fourth-order valence-corrected chi connectivity index (χ4v) is 3.75. The number of nitrogens with zero attached hydrogens (tertiary/aromatic N) is 1. The van der Waals surface area contributed by atoms with Crippen molar-refractivity contribution >= 4 is 28.8 Å². The van der Waals surface area contributed by atoms with Gasteiger partial charge in [-0.15, -0.1) is 11.3 Å². The van der Waals surface area contributed by atoms with Crippen LogP contribution in [0.1, 0.15) is 23.6 Å². The molecule has 1 N–H and O–H groups in total. The Bertz CT molecular complexity index is 860. The van der Waals surface area contributed by atoms with Crippen LogP contribution in [-0.2, 0) is 11.3 Å². The summed E-state index contributed by atoms with van der Waals surface area (Å²) in [6.07, 6.45) is 2.43. The van der Waals surface area contributed by atoms with Gasteiger partial charge in [0.2, 0.25) is 11.8 Å². The number of nitrogens with one attached hydrogen (secondary N) is 1. The third-order valence-electron chi connectivity index (χ3n) is 4.16. The Kier molecular flexibility index (Phi) is 4.12. The average Bonchev–Trinajstić information content (AvgIpc) is 3.00. The van der Waals surface area contributed by atoms with E-state index in [4.69, 9.17) is 16.0 Å². The first-order valence-electron chi connectivity index (χ1n) is 7.73. The van der Waals surface area contributed by atoms with Gasteiger partial charge in [0.05, 0.1) is 17.1 Å². The summed E-state index contributed by atoms with van der Waals surface area (Å²) in [6, 6.07) is 11.6. The number of hydrogen-bond donors (Lipinski definition) is 1. The normalized spacial score (nSPS) is 19.2. The molecule has 2 aromatic heterocycles. The number of halogens is 1.